The Morgan fingerprint density at radius 3 is 2.57 bits per heavy atom. The van der Waals surface area contributed by atoms with Crippen molar-refractivity contribution in [1.29, 1.82) is 0 Å². The van der Waals surface area contributed by atoms with E-state index in [1.807, 2.05) is 13.8 Å². The van der Waals surface area contributed by atoms with Crippen molar-refractivity contribution >= 4 is 15.9 Å². The van der Waals surface area contributed by atoms with E-state index < -0.39 is 15.6 Å². The molecule has 0 unspecified atom stereocenters. The summed E-state index contributed by atoms with van der Waals surface area (Å²) in [5.74, 6) is 2.41. The highest BCUT2D eigenvalue weighted by Crippen LogP contribution is 2.65. The normalized spacial score (nSPS) is 31.3. The molecule has 7 heteroatoms. The number of fused-ring (bicyclic) bond motifs is 5. The summed E-state index contributed by atoms with van der Waals surface area (Å²) in [6, 6.07) is 13.1. The van der Waals surface area contributed by atoms with Crippen LogP contribution < -0.4 is 4.74 Å². The first-order chi connectivity index (χ1) is 17.6. The Kier molecular flexibility index (Phi) is 6.90. The van der Waals surface area contributed by atoms with Gasteiger partial charge in [-0.25, -0.2) is 0 Å². The van der Waals surface area contributed by atoms with Gasteiger partial charge < -0.3 is 14.6 Å². The van der Waals surface area contributed by atoms with E-state index in [2.05, 4.69) is 29.5 Å². The van der Waals surface area contributed by atoms with Crippen LogP contribution in [0.4, 0.5) is 0 Å². The predicted octanol–water partition coefficient (Wildman–Crippen LogP) is 5.80. The molecule has 6 nitrogen and oxygen atoms in total. The van der Waals surface area contributed by atoms with Crippen molar-refractivity contribution in [2.75, 3.05) is 13.7 Å². The van der Waals surface area contributed by atoms with E-state index in [-0.39, 0.29) is 22.6 Å². The van der Waals surface area contributed by atoms with Crippen LogP contribution in [0.5, 0.6) is 5.75 Å². The van der Waals surface area contributed by atoms with Crippen molar-refractivity contribution in [3.8, 4) is 5.75 Å². The van der Waals surface area contributed by atoms with Crippen LogP contribution in [0.3, 0.4) is 0 Å². The molecule has 2 aromatic carbocycles. The number of ether oxygens (including phenoxy) is 2. The van der Waals surface area contributed by atoms with Gasteiger partial charge in [-0.3, -0.25) is 0 Å². The number of rotatable bonds is 6. The molecule has 0 heterocycles. The Morgan fingerprint density at radius 2 is 1.86 bits per heavy atom. The van der Waals surface area contributed by atoms with Crippen LogP contribution in [0.15, 0.2) is 51.8 Å². The van der Waals surface area contributed by atoms with Crippen molar-refractivity contribution in [1.82, 2.24) is 0 Å². The largest absolute Gasteiger partial charge is 0.497 e. The molecule has 2 aromatic rings. The molecule has 2 fully saturated rings. The topological polar surface area (TPSA) is 85.2 Å². The third kappa shape index (κ3) is 4.59. The molecule has 0 amide bonds. The lowest BCUT2D eigenvalue weighted by Gasteiger charge is -2.53. The van der Waals surface area contributed by atoms with Crippen LogP contribution in [0, 0.1) is 24.2 Å². The average Bonchev–Trinajstić information content (AvgIpc) is 3.13. The summed E-state index contributed by atoms with van der Waals surface area (Å²) in [7, 11) is -2.22. The van der Waals surface area contributed by atoms with E-state index in [4.69, 9.17) is 9.47 Å². The van der Waals surface area contributed by atoms with Gasteiger partial charge in [-0.05, 0) is 111 Å². The Hall–Kier alpha value is -2.38. The lowest BCUT2D eigenvalue weighted by Crippen LogP contribution is -2.51. The fraction of sp³-hybridized carbons (Fsp3) is 0.567. The molecule has 0 saturated heterocycles. The third-order valence-electron chi connectivity index (χ3n) is 9.55. The lowest BCUT2D eigenvalue weighted by molar-refractivity contribution is -0.0997. The van der Waals surface area contributed by atoms with E-state index in [0.717, 1.165) is 43.4 Å². The molecule has 3 aliphatic rings. The van der Waals surface area contributed by atoms with Crippen molar-refractivity contribution < 1.29 is 23.0 Å². The molecule has 5 rings (SSSR count). The maximum Gasteiger partial charge on any atom is 0.285 e. The van der Waals surface area contributed by atoms with E-state index in [0.29, 0.717) is 30.8 Å². The summed E-state index contributed by atoms with van der Waals surface area (Å²) in [6.45, 7) is 6.23. The molecule has 37 heavy (non-hydrogen) atoms. The number of hydrogen-bond acceptors (Lipinski definition) is 5. The minimum atomic E-state index is -3.93. The van der Waals surface area contributed by atoms with Crippen LogP contribution in [0.1, 0.15) is 75.0 Å². The number of sulfonamides is 1. The van der Waals surface area contributed by atoms with Crippen LogP contribution in [0.2, 0.25) is 0 Å². The van der Waals surface area contributed by atoms with Crippen molar-refractivity contribution in [2.45, 2.75) is 82.1 Å². The summed E-state index contributed by atoms with van der Waals surface area (Å²) in [5, 5.41) is 12.1. The van der Waals surface area contributed by atoms with Gasteiger partial charge >= 0.3 is 0 Å². The number of hydrogen-bond donors (Lipinski definition) is 1. The lowest BCUT2D eigenvalue weighted by atomic mass is 9.53. The number of aryl methyl sites for hydroxylation is 2. The van der Waals surface area contributed by atoms with Gasteiger partial charge in [0.25, 0.3) is 10.0 Å². The van der Waals surface area contributed by atoms with Crippen molar-refractivity contribution in [3.63, 3.8) is 0 Å². The molecule has 0 bridgehead atoms. The third-order valence-corrected chi connectivity index (χ3v) is 10.9. The molecule has 2 saturated carbocycles. The second-order valence-electron chi connectivity index (χ2n) is 11.4. The first-order valence-electron chi connectivity index (χ1n) is 13.5. The van der Waals surface area contributed by atoms with Gasteiger partial charge in [0.15, 0.2) is 0 Å². The van der Waals surface area contributed by atoms with E-state index in [9.17, 15) is 13.5 Å². The average molecular weight is 526 g/mol. The van der Waals surface area contributed by atoms with E-state index in [1.54, 1.807) is 31.4 Å². The van der Waals surface area contributed by atoms with Gasteiger partial charge in [0, 0.05) is 0 Å². The maximum absolute atomic E-state index is 13.1. The van der Waals surface area contributed by atoms with Crippen molar-refractivity contribution in [2.24, 2.45) is 21.6 Å². The zero-order valence-corrected chi connectivity index (χ0v) is 23.2. The molecular weight excluding hydrogens is 486 g/mol. The van der Waals surface area contributed by atoms with Crippen LogP contribution in [-0.2, 0) is 21.2 Å². The Morgan fingerprint density at radius 1 is 1.11 bits per heavy atom. The zero-order valence-electron chi connectivity index (χ0n) is 22.4. The summed E-state index contributed by atoms with van der Waals surface area (Å²) in [6.07, 6.45) is 5.72. The van der Waals surface area contributed by atoms with Gasteiger partial charge in [0.05, 0.1) is 30.6 Å². The SMILES string of the molecule is CCO/C(C[C@]1(O)CC[C@H]2[C@@H]3CCc4cc(OC)ccc4[C@H]3CC[C@@]21C)=N/S(=O)(=O)c1ccc(C)cc1. The van der Waals surface area contributed by atoms with Gasteiger partial charge in [-0.2, -0.15) is 8.42 Å². The van der Waals surface area contributed by atoms with E-state index >= 15 is 0 Å². The summed E-state index contributed by atoms with van der Waals surface area (Å²) < 4.78 is 41.4. The molecular formula is C30H39NO5S. The van der Waals surface area contributed by atoms with Crippen molar-refractivity contribution in [3.05, 3.63) is 59.2 Å². The highest BCUT2D eigenvalue weighted by Gasteiger charge is 2.61. The van der Waals surface area contributed by atoms with Gasteiger partial charge in [0.1, 0.15) is 5.75 Å². The molecule has 5 atom stereocenters. The standard InChI is InChI=1S/C30H39NO5S/c1-5-36-28(31-37(33,34)23-10-6-20(2)7-11-23)19-30(32)17-15-27-26-12-8-21-18-22(35-4)9-13-24(21)25(26)14-16-29(27,30)3/h6-7,9-11,13,18,25-27,32H,5,8,12,14-17,19H2,1-4H3/b31-28+/t25-,26-,27+,29+,30-/m1/s1. The smallest absolute Gasteiger partial charge is 0.285 e. The van der Waals surface area contributed by atoms with Gasteiger partial charge in [-0.15, -0.1) is 4.40 Å². The van der Waals surface area contributed by atoms with Gasteiger partial charge in [-0.1, -0.05) is 30.7 Å². The first-order valence-corrected chi connectivity index (χ1v) is 15.0. The minimum Gasteiger partial charge on any atom is -0.497 e. The second kappa shape index (κ2) is 9.73. The molecule has 3 aliphatic carbocycles. The predicted molar refractivity (Wildman–Crippen MR) is 145 cm³/mol. The first kappa shape index (κ1) is 26.2. The fourth-order valence-electron chi connectivity index (χ4n) is 7.51. The highest BCUT2D eigenvalue weighted by molar-refractivity contribution is 7.90. The minimum absolute atomic E-state index is 0.107. The number of methoxy groups -OCH3 is 1. The molecule has 200 valence electrons. The highest BCUT2D eigenvalue weighted by atomic mass is 32.2. The summed E-state index contributed by atoms with van der Waals surface area (Å²) in [5.41, 5.74) is 2.44. The number of benzene rings is 2. The maximum atomic E-state index is 13.1. The molecule has 0 radical (unpaired) electrons. The van der Waals surface area contributed by atoms with Crippen LogP contribution in [0.25, 0.3) is 0 Å². The van der Waals surface area contributed by atoms with Crippen LogP contribution >= 0.6 is 0 Å². The van der Waals surface area contributed by atoms with E-state index in [1.165, 1.54) is 11.1 Å². The molecule has 0 spiro atoms. The second-order valence-corrected chi connectivity index (χ2v) is 13.0. The zero-order chi connectivity index (χ0) is 26.4. The molecule has 0 aromatic heterocycles. The summed E-state index contributed by atoms with van der Waals surface area (Å²) >= 11 is 0. The fourth-order valence-corrected chi connectivity index (χ4v) is 8.48. The molecule has 1 N–H and O–H groups in total. The van der Waals surface area contributed by atoms with Crippen LogP contribution in [-0.4, -0.2) is 38.7 Å². The molecule has 0 aliphatic heterocycles. The Balaban J connectivity index is 1.41. The Labute approximate surface area is 221 Å². The monoisotopic (exact) mass is 525 g/mol. The quantitative estimate of drug-likeness (QED) is 0.380. The summed E-state index contributed by atoms with van der Waals surface area (Å²) in [4.78, 5) is 0.135. The van der Waals surface area contributed by atoms with Gasteiger partial charge in [0.2, 0.25) is 5.90 Å². The number of aliphatic hydroxyl groups is 1. The number of nitrogens with zero attached hydrogens (tertiary/aromatic N) is 1. The Bertz CT molecular complexity index is 1290.